The predicted molar refractivity (Wildman–Crippen MR) is 79.9 cm³/mol. The molecule has 0 amide bonds. The van der Waals surface area contributed by atoms with E-state index in [4.69, 9.17) is 0 Å². The average Bonchev–Trinajstić information content (AvgIpc) is 2.44. The maximum absolute atomic E-state index is 12.0. The first-order valence-electron chi connectivity index (χ1n) is 6.12. The summed E-state index contributed by atoms with van der Waals surface area (Å²) in [5.74, 6) is 1.16. The predicted octanol–water partition coefficient (Wildman–Crippen LogP) is 2.21. The molecule has 0 aromatic heterocycles. The zero-order chi connectivity index (χ0) is 15.2. The molecule has 0 saturated carbocycles. The quantitative estimate of drug-likeness (QED) is 0.778. The average molecular weight is 402 g/mol. The molecule has 7 heteroatoms. The number of hydrogen-bond donors (Lipinski definition) is 2. The Hall–Kier alpha value is -0.777. The summed E-state index contributed by atoms with van der Waals surface area (Å²) in [6, 6.07) is 13.2. The van der Waals surface area contributed by atoms with Crippen molar-refractivity contribution in [3.8, 4) is 11.5 Å². The van der Waals surface area contributed by atoms with E-state index in [1.807, 2.05) is 0 Å². The molecule has 2 aromatic carbocycles. The molecule has 0 aliphatic carbocycles. The van der Waals surface area contributed by atoms with E-state index in [2.05, 4.69) is 0 Å². The van der Waals surface area contributed by atoms with Crippen LogP contribution in [0.1, 0.15) is 11.1 Å². The first kappa shape index (κ1) is 16.6. The van der Waals surface area contributed by atoms with Crippen molar-refractivity contribution < 1.29 is 38.9 Å². The summed E-state index contributed by atoms with van der Waals surface area (Å²) in [6.45, 7) is 0. The zero-order valence-corrected chi connectivity index (χ0v) is 15.2. The molecule has 0 radical (unpaired) electrons. The summed E-state index contributed by atoms with van der Waals surface area (Å²) >= 11 is -1.53. The first-order valence-corrected chi connectivity index (χ1v) is 14.8. The Bertz CT molecular complexity index is 584. The van der Waals surface area contributed by atoms with Crippen molar-refractivity contribution in [3.05, 3.63) is 59.7 Å². The van der Waals surface area contributed by atoms with Crippen LogP contribution in [0.25, 0.3) is 0 Å². The molecule has 0 saturated heterocycles. The van der Waals surface area contributed by atoms with Gasteiger partial charge in [0.25, 0.3) is 0 Å². The van der Waals surface area contributed by atoms with Crippen LogP contribution in [0.3, 0.4) is 0 Å². The zero-order valence-electron chi connectivity index (χ0n) is 11.1. The van der Waals surface area contributed by atoms with Gasteiger partial charge in [0.1, 0.15) is 0 Å². The maximum atomic E-state index is 12.0. The molecule has 2 unspecified atom stereocenters. The molecular formula is C14H14O4S2Zr. The van der Waals surface area contributed by atoms with E-state index >= 15 is 0 Å². The van der Waals surface area contributed by atoms with Gasteiger partial charge in [0.05, 0.1) is 0 Å². The second kappa shape index (κ2) is 8.01. The van der Waals surface area contributed by atoms with Crippen LogP contribution in [-0.4, -0.2) is 18.6 Å². The van der Waals surface area contributed by atoms with Crippen molar-refractivity contribution in [3.63, 3.8) is 0 Å². The van der Waals surface area contributed by atoms with Crippen molar-refractivity contribution in [2.45, 2.75) is 11.5 Å². The van der Waals surface area contributed by atoms with Crippen molar-refractivity contribution in [1.29, 1.82) is 0 Å². The van der Waals surface area contributed by atoms with Crippen LogP contribution in [0.2, 0.25) is 0 Å². The SMILES string of the molecule is O=[S](Cc1ccc(O)cc1)[Zr][S](=O)Cc1ccc(O)cc1. The monoisotopic (exact) mass is 400 g/mol. The third-order valence-corrected chi connectivity index (χ3v) is 15.7. The molecule has 0 aliphatic rings. The summed E-state index contributed by atoms with van der Waals surface area (Å²) in [4.78, 5) is 0. The number of aromatic hydroxyl groups is 2. The Labute approximate surface area is 136 Å². The summed E-state index contributed by atoms with van der Waals surface area (Å²) in [6.07, 6.45) is 0. The van der Waals surface area contributed by atoms with Gasteiger partial charge in [0.2, 0.25) is 0 Å². The molecule has 0 fully saturated rings. The summed E-state index contributed by atoms with van der Waals surface area (Å²) in [5.41, 5.74) is 1.77. The Kier molecular flexibility index (Phi) is 6.33. The van der Waals surface area contributed by atoms with Crippen LogP contribution >= 0.6 is 0 Å². The molecule has 4 nitrogen and oxygen atoms in total. The standard InChI is InChI=1S/2C7H6O2S.Zr/c2*8-7-3-1-6(2-4-7)5-10-9;/h2*1-4H,5H2;/q;;-2/p+2. The Balaban J connectivity index is 1.85. The van der Waals surface area contributed by atoms with E-state index in [0.717, 1.165) is 11.1 Å². The summed E-state index contributed by atoms with van der Waals surface area (Å²) in [7, 11) is -2.09. The van der Waals surface area contributed by atoms with Gasteiger partial charge in [0.15, 0.2) is 0 Å². The molecule has 21 heavy (non-hydrogen) atoms. The van der Waals surface area contributed by atoms with Crippen LogP contribution < -0.4 is 0 Å². The molecule has 2 atom stereocenters. The van der Waals surface area contributed by atoms with Crippen molar-refractivity contribution in [2.24, 2.45) is 0 Å². The molecule has 0 aliphatic heterocycles. The molecule has 2 N–H and O–H groups in total. The van der Waals surface area contributed by atoms with Crippen molar-refractivity contribution in [2.75, 3.05) is 0 Å². The van der Waals surface area contributed by atoms with Gasteiger partial charge in [0, 0.05) is 0 Å². The fourth-order valence-corrected chi connectivity index (χ4v) is 13.6. The number of benzene rings is 2. The second-order valence-corrected chi connectivity index (χ2v) is 17.4. The number of hydrogen-bond acceptors (Lipinski definition) is 4. The second-order valence-electron chi connectivity index (χ2n) is 4.40. The molecule has 110 valence electrons. The third kappa shape index (κ3) is 5.85. The first-order chi connectivity index (χ1) is 10.0. The van der Waals surface area contributed by atoms with Gasteiger partial charge in [-0.2, -0.15) is 0 Å². The minimum atomic E-state index is -1.53. The molecule has 0 spiro atoms. The number of rotatable bonds is 6. The van der Waals surface area contributed by atoms with Crippen LogP contribution in [0, 0.1) is 0 Å². The fourth-order valence-electron chi connectivity index (χ4n) is 1.65. The van der Waals surface area contributed by atoms with Gasteiger partial charge in [-0.25, -0.2) is 0 Å². The Morgan fingerprint density at radius 3 is 1.38 bits per heavy atom. The van der Waals surface area contributed by atoms with E-state index in [1.165, 1.54) is 0 Å². The van der Waals surface area contributed by atoms with E-state index < -0.39 is 35.4 Å². The fraction of sp³-hybridized carbons (Fsp3) is 0.143. The van der Waals surface area contributed by atoms with E-state index in [9.17, 15) is 18.6 Å². The van der Waals surface area contributed by atoms with E-state index in [-0.39, 0.29) is 11.5 Å². The van der Waals surface area contributed by atoms with Gasteiger partial charge < -0.3 is 0 Å². The molecular weight excluding hydrogens is 388 g/mol. The van der Waals surface area contributed by atoms with Gasteiger partial charge in [-0.3, -0.25) is 0 Å². The normalized spacial score (nSPS) is 13.5. The number of phenolic OH excluding ortho intramolecular Hbond substituents is 2. The molecule has 2 rings (SSSR count). The van der Waals surface area contributed by atoms with Gasteiger partial charge >= 0.3 is 137 Å². The Morgan fingerprint density at radius 2 is 1.05 bits per heavy atom. The molecule has 2 aromatic rings. The molecule has 0 bridgehead atoms. The molecule has 0 heterocycles. The number of phenols is 2. The van der Waals surface area contributed by atoms with Crippen LogP contribution in [0.4, 0.5) is 0 Å². The van der Waals surface area contributed by atoms with E-state index in [1.54, 1.807) is 48.5 Å². The summed E-state index contributed by atoms with van der Waals surface area (Å²) in [5, 5.41) is 18.4. The Morgan fingerprint density at radius 1 is 0.714 bits per heavy atom. The van der Waals surface area contributed by atoms with Crippen LogP contribution in [0.15, 0.2) is 48.5 Å². The third-order valence-electron chi connectivity index (χ3n) is 2.65. The van der Waals surface area contributed by atoms with Gasteiger partial charge in [-0.1, -0.05) is 0 Å². The van der Waals surface area contributed by atoms with Gasteiger partial charge in [-0.15, -0.1) is 0 Å². The van der Waals surface area contributed by atoms with Gasteiger partial charge in [-0.05, 0) is 0 Å². The minimum absolute atomic E-state index is 0.181. The van der Waals surface area contributed by atoms with Crippen molar-refractivity contribution in [1.82, 2.24) is 0 Å². The van der Waals surface area contributed by atoms with Crippen LogP contribution in [0.5, 0.6) is 11.5 Å². The summed E-state index contributed by atoms with van der Waals surface area (Å²) < 4.78 is 24.1. The topological polar surface area (TPSA) is 74.6 Å². The van der Waals surface area contributed by atoms with Crippen molar-refractivity contribution >= 4 is 15.1 Å². The van der Waals surface area contributed by atoms with Crippen LogP contribution in [-0.2, 0) is 46.9 Å². The van der Waals surface area contributed by atoms with E-state index in [0.29, 0.717) is 11.5 Å².